The fourth-order valence-corrected chi connectivity index (χ4v) is 2.15. The van der Waals surface area contributed by atoms with E-state index in [1.165, 1.54) is 18.9 Å². The Hall–Kier alpha value is -0.700. The van der Waals surface area contributed by atoms with Gasteiger partial charge in [0, 0.05) is 5.75 Å². The third-order valence-corrected chi connectivity index (χ3v) is 3.09. The van der Waals surface area contributed by atoms with Crippen LogP contribution in [0.5, 0.6) is 0 Å². The average molecular weight is 213 g/mol. The first kappa shape index (κ1) is 11.4. The molecule has 0 aromatic heterocycles. The van der Waals surface area contributed by atoms with Crippen LogP contribution >= 0.6 is 11.8 Å². The van der Waals surface area contributed by atoms with E-state index in [4.69, 9.17) is 5.73 Å². The van der Waals surface area contributed by atoms with Gasteiger partial charge in [0.25, 0.3) is 0 Å². The summed E-state index contributed by atoms with van der Waals surface area (Å²) < 4.78 is 13.0. The van der Waals surface area contributed by atoms with Gasteiger partial charge in [-0.05, 0) is 29.9 Å². The second-order valence-corrected chi connectivity index (χ2v) is 4.37. The molecule has 0 spiro atoms. The third kappa shape index (κ3) is 3.58. The third-order valence-electron chi connectivity index (χ3n) is 1.98. The molecule has 0 aliphatic carbocycles. The molecule has 0 heterocycles. The van der Waals surface area contributed by atoms with Gasteiger partial charge in [-0.1, -0.05) is 19.4 Å². The molecule has 14 heavy (non-hydrogen) atoms. The van der Waals surface area contributed by atoms with Crippen molar-refractivity contribution in [2.24, 2.45) is 0 Å². The van der Waals surface area contributed by atoms with Gasteiger partial charge in [-0.25, -0.2) is 4.39 Å². The molecule has 0 radical (unpaired) electrons. The van der Waals surface area contributed by atoms with E-state index < -0.39 is 0 Å². The van der Waals surface area contributed by atoms with Crippen LogP contribution in [0.25, 0.3) is 0 Å². The Morgan fingerprint density at radius 2 is 2.21 bits per heavy atom. The molecule has 0 saturated carbocycles. The molecule has 0 saturated heterocycles. The van der Waals surface area contributed by atoms with Crippen LogP contribution < -0.4 is 5.73 Å². The molecular formula is C11H16FNS. The highest BCUT2D eigenvalue weighted by molar-refractivity contribution is 7.98. The standard InChI is InChI=1S/C11H16FNS/c1-2-3-6-14-8-9-4-5-11(13)10(12)7-9/h4-5,7H,2-3,6,8,13H2,1H3. The summed E-state index contributed by atoms with van der Waals surface area (Å²) in [5.74, 6) is 1.71. The molecule has 1 aromatic carbocycles. The van der Waals surface area contributed by atoms with E-state index >= 15 is 0 Å². The van der Waals surface area contributed by atoms with Gasteiger partial charge in [0.05, 0.1) is 5.69 Å². The number of halogens is 1. The fourth-order valence-electron chi connectivity index (χ4n) is 1.10. The molecular weight excluding hydrogens is 197 g/mol. The normalized spacial score (nSPS) is 10.4. The summed E-state index contributed by atoms with van der Waals surface area (Å²) in [7, 11) is 0. The second kappa shape index (κ2) is 5.91. The van der Waals surface area contributed by atoms with Crippen molar-refractivity contribution in [3.8, 4) is 0 Å². The van der Waals surface area contributed by atoms with Crippen molar-refractivity contribution in [2.45, 2.75) is 25.5 Å². The lowest BCUT2D eigenvalue weighted by atomic mass is 10.2. The summed E-state index contributed by atoms with van der Waals surface area (Å²) in [5.41, 5.74) is 6.62. The first-order valence-electron chi connectivity index (χ1n) is 4.85. The van der Waals surface area contributed by atoms with Crippen LogP contribution in [0.15, 0.2) is 18.2 Å². The minimum absolute atomic E-state index is 0.229. The monoisotopic (exact) mass is 213 g/mol. The molecule has 0 unspecified atom stereocenters. The van der Waals surface area contributed by atoms with Crippen LogP contribution in [-0.4, -0.2) is 5.75 Å². The van der Waals surface area contributed by atoms with Crippen molar-refractivity contribution in [3.05, 3.63) is 29.6 Å². The Bertz CT molecular complexity index is 289. The van der Waals surface area contributed by atoms with Gasteiger partial charge in [-0.15, -0.1) is 0 Å². The van der Waals surface area contributed by atoms with Gasteiger partial charge in [-0.2, -0.15) is 11.8 Å². The lowest BCUT2D eigenvalue weighted by Gasteiger charge is -2.02. The topological polar surface area (TPSA) is 26.0 Å². The van der Waals surface area contributed by atoms with Gasteiger partial charge < -0.3 is 5.73 Å². The summed E-state index contributed by atoms with van der Waals surface area (Å²) in [6, 6.07) is 5.04. The zero-order valence-corrected chi connectivity index (χ0v) is 9.24. The van der Waals surface area contributed by atoms with Crippen LogP contribution in [0.1, 0.15) is 25.3 Å². The highest BCUT2D eigenvalue weighted by Crippen LogP contribution is 2.17. The number of anilines is 1. The van der Waals surface area contributed by atoms with Gasteiger partial charge in [0.1, 0.15) is 5.82 Å². The molecule has 78 valence electrons. The van der Waals surface area contributed by atoms with E-state index in [1.54, 1.807) is 6.07 Å². The molecule has 1 nitrogen and oxygen atoms in total. The maximum absolute atomic E-state index is 13.0. The van der Waals surface area contributed by atoms with Crippen LogP contribution in [0.2, 0.25) is 0 Å². The Balaban J connectivity index is 2.39. The van der Waals surface area contributed by atoms with E-state index in [0.29, 0.717) is 0 Å². The van der Waals surface area contributed by atoms with Crippen molar-refractivity contribution in [1.29, 1.82) is 0 Å². The fraction of sp³-hybridized carbons (Fsp3) is 0.455. The number of nitrogens with two attached hydrogens (primary N) is 1. The number of unbranched alkanes of at least 4 members (excludes halogenated alkanes) is 1. The first-order chi connectivity index (χ1) is 6.74. The molecule has 1 aromatic rings. The second-order valence-electron chi connectivity index (χ2n) is 3.26. The maximum Gasteiger partial charge on any atom is 0.146 e. The van der Waals surface area contributed by atoms with Crippen molar-refractivity contribution >= 4 is 17.4 Å². The maximum atomic E-state index is 13.0. The van der Waals surface area contributed by atoms with Gasteiger partial charge >= 0.3 is 0 Å². The zero-order chi connectivity index (χ0) is 10.4. The number of hydrogen-bond donors (Lipinski definition) is 1. The van der Waals surface area contributed by atoms with E-state index in [0.717, 1.165) is 17.1 Å². The van der Waals surface area contributed by atoms with Crippen molar-refractivity contribution in [3.63, 3.8) is 0 Å². The number of hydrogen-bond acceptors (Lipinski definition) is 2. The van der Waals surface area contributed by atoms with E-state index in [9.17, 15) is 4.39 Å². The minimum Gasteiger partial charge on any atom is -0.396 e. The van der Waals surface area contributed by atoms with Crippen LogP contribution in [0.3, 0.4) is 0 Å². The van der Waals surface area contributed by atoms with E-state index in [2.05, 4.69) is 6.92 Å². The number of rotatable bonds is 5. The van der Waals surface area contributed by atoms with Gasteiger partial charge in [-0.3, -0.25) is 0 Å². The molecule has 1 rings (SSSR count). The quantitative estimate of drug-likeness (QED) is 0.599. The van der Waals surface area contributed by atoms with E-state index in [1.807, 2.05) is 17.8 Å². The molecule has 2 N–H and O–H groups in total. The number of nitrogen functional groups attached to an aromatic ring is 1. The molecule has 0 bridgehead atoms. The molecule has 0 atom stereocenters. The molecule has 0 aliphatic rings. The largest absolute Gasteiger partial charge is 0.396 e. The van der Waals surface area contributed by atoms with Crippen molar-refractivity contribution in [1.82, 2.24) is 0 Å². The van der Waals surface area contributed by atoms with Crippen LogP contribution in [-0.2, 0) is 5.75 Å². The molecule has 3 heteroatoms. The Labute approximate surface area is 88.9 Å². The predicted molar refractivity (Wildman–Crippen MR) is 61.9 cm³/mol. The first-order valence-corrected chi connectivity index (χ1v) is 6.01. The Morgan fingerprint density at radius 1 is 1.43 bits per heavy atom. The van der Waals surface area contributed by atoms with Gasteiger partial charge in [0.15, 0.2) is 0 Å². The highest BCUT2D eigenvalue weighted by atomic mass is 32.2. The Morgan fingerprint density at radius 3 is 2.86 bits per heavy atom. The summed E-state index contributed by atoms with van der Waals surface area (Å²) >= 11 is 1.84. The number of thioether (sulfide) groups is 1. The zero-order valence-electron chi connectivity index (χ0n) is 8.42. The van der Waals surface area contributed by atoms with Crippen molar-refractivity contribution in [2.75, 3.05) is 11.5 Å². The molecule has 0 aliphatic heterocycles. The van der Waals surface area contributed by atoms with Gasteiger partial charge in [0.2, 0.25) is 0 Å². The van der Waals surface area contributed by atoms with E-state index in [-0.39, 0.29) is 11.5 Å². The molecule has 0 amide bonds. The highest BCUT2D eigenvalue weighted by Gasteiger charge is 1.99. The van der Waals surface area contributed by atoms with Crippen LogP contribution in [0, 0.1) is 5.82 Å². The Kier molecular flexibility index (Phi) is 4.80. The lowest BCUT2D eigenvalue weighted by molar-refractivity contribution is 0.631. The average Bonchev–Trinajstić information content (AvgIpc) is 2.18. The lowest BCUT2D eigenvalue weighted by Crippen LogP contribution is -1.92. The summed E-state index contributed by atoms with van der Waals surface area (Å²) in [4.78, 5) is 0. The predicted octanol–water partition coefficient (Wildman–Crippen LogP) is 3.44. The van der Waals surface area contributed by atoms with Crippen molar-refractivity contribution < 1.29 is 4.39 Å². The summed E-state index contributed by atoms with van der Waals surface area (Å²) in [6.07, 6.45) is 2.44. The molecule has 0 fully saturated rings. The summed E-state index contributed by atoms with van der Waals surface area (Å²) in [6.45, 7) is 2.17. The minimum atomic E-state index is -0.307. The SMILES string of the molecule is CCCCSCc1ccc(N)c(F)c1. The summed E-state index contributed by atoms with van der Waals surface area (Å²) in [5, 5.41) is 0. The smallest absolute Gasteiger partial charge is 0.146 e. The number of benzene rings is 1. The van der Waals surface area contributed by atoms with Crippen LogP contribution in [0.4, 0.5) is 10.1 Å².